The Labute approximate surface area is 230 Å². The molecule has 0 aliphatic carbocycles. The number of amides is 2. The molecule has 1 unspecified atom stereocenters. The second kappa shape index (κ2) is 12.0. The summed E-state index contributed by atoms with van der Waals surface area (Å²) < 4.78 is 24.2. The number of benzene rings is 2. The van der Waals surface area contributed by atoms with Crippen LogP contribution in [-0.4, -0.2) is 74.0 Å². The van der Waals surface area contributed by atoms with E-state index in [2.05, 4.69) is 5.32 Å². The fourth-order valence-electron chi connectivity index (χ4n) is 5.23. The second-order valence-electron chi connectivity index (χ2n) is 10.2. The van der Waals surface area contributed by atoms with Crippen molar-refractivity contribution in [2.75, 3.05) is 41.0 Å². The average molecular weight is 538 g/mol. The molecule has 0 radical (unpaired) electrons. The Hall–Kier alpha value is -3.72. The highest BCUT2D eigenvalue weighted by Crippen LogP contribution is 2.40. The number of ether oxygens (including phenoxy) is 4. The molecule has 4 rings (SSSR count). The van der Waals surface area contributed by atoms with Crippen LogP contribution in [0, 0.1) is 0 Å². The maximum absolute atomic E-state index is 14.0. The van der Waals surface area contributed by atoms with Gasteiger partial charge in [0, 0.05) is 36.2 Å². The molecule has 9 heteroatoms. The molecule has 2 heterocycles. The number of hydrogen-bond donors (Lipinski definition) is 1. The van der Waals surface area contributed by atoms with Crippen LogP contribution in [0.4, 0.5) is 0 Å². The minimum absolute atomic E-state index is 0.138. The quantitative estimate of drug-likeness (QED) is 0.351. The van der Waals surface area contributed by atoms with E-state index in [1.54, 1.807) is 26.2 Å². The molecule has 1 aliphatic rings. The summed E-state index contributed by atoms with van der Waals surface area (Å²) in [6, 6.07) is 13.5. The van der Waals surface area contributed by atoms with E-state index < -0.39 is 5.54 Å². The zero-order chi connectivity index (χ0) is 28.2. The van der Waals surface area contributed by atoms with Gasteiger partial charge in [-0.2, -0.15) is 0 Å². The number of methoxy groups -OCH3 is 3. The van der Waals surface area contributed by atoms with Crippen LogP contribution < -0.4 is 19.5 Å². The molecule has 0 saturated heterocycles. The fraction of sp³-hybridized carbons (Fsp3) is 0.467. The van der Waals surface area contributed by atoms with Crippen molar-refractivity contribution in [3.63, 3.8) is 0 Å². The maximum Gasteiger partial charge on any atom is 0.271 e. The topological polar surface area (TPSA) is 91.3 Å². The van der Waals surface area contributed by atoms with E-state index in [-0.39, 0.29) is 17.9 Å². The monoisotopic (exact) mass is 537 g/mol. The van der Waals surface area contributed by atoms with Gasteiger partial charge in [-0.1, -0.05) is 24.3 Å². The maximum atomic E-state index is 14.0. The molecule has 2 amide bonds. The lowest BCUT2D eigenvalue weighted by atomic mass is 9.93. The van der Waals surface area contributed by atoms with Gasteiger partial charge in [0.25, 0.3) is 5.91 Å². The largest absolute Gasteiger partial charge is 0.493 e. The number of nitrogens with zero attached hydrogens (tertiary/aromatic N) is 2. The number of aromatic nitrogens is 1. The van der Waals surface area contributed by atoms with Gasteiger partial charge in [-0.25, -0.2) is 0 Å². The molecule has 1 atom stereocenters. The lowest BCUT2D eigenvalue weighted by molar-refractivity contribution is -0.132. The summed E-state index contributed by atoms with van der Waals surface area (Å²) in [7, 11) is 4.71. The van der Waals surface area contributed by atoms with Gasteiger partial charge in [0.05, 0.1) is 34.0 Å². The summed E-state index contributed by atoms with van der Waals surface area (Å²) in [6.07, 6.45) is 1.29. The first-order valence-corrected chi connectivity index (χ1v) is 13.3. The Kier molecular flexibility index (Phi) is 8.70. The molecule has 1 N–H and O–H groups in total. The van der Waals surface area contributed by atoms with E-state index in [1.165, 1.54) is 0 Å². The van der Waals surface area contributed by atoms with E-state index in [4.69, 9.17) is 18.9 Å². The summed E-state index contributed by atoms with van der Waals surface area (Å²) in [6.45, 7) is 7.49. The number of nitrogens with one attached hydrogen (secondary N) is 1. The number of fused-ring (bicyclic) bond motifs is 3. The average Bonchev–Trinajstić information content (AvgIpc) is 3.30. The van der Waals surface area contributed by atoms with Gasteiger partial charge in [-0.05, 0) is 51.8 Å². The van der Waals surface area contributed by atoms with Gasteiger partial charge in [-0.3, -0.25) is 9.59 Å². The van der Waals surface area contributed by atoms with Crippen molar-refractivity contribution < 1.29 is 28.5 Å². The molecule has 0 fully saturated rings. The van der Waals surface area contributed by atoms with Crippen LogP contribution >= 0.6 is 0 Å². The highest BCUT2D eigenvalue weighted by molar-refractivity contribution is 6.03. The third-order valence-corrected chi connectivity index (χ3v) is 7.27. The predicted octanol–water partition coefficient (Wildman–Crippen LogP) is 4.06. The summed E-state index contributed by atoms with van der Waals surface area (Å²) in [5.41, 5.74) is 1.26. The van der Waals surface area contributed by atoms with E-state index in [9.17, 15) is 9.59 Å². The van der Waals surface area contributed by atoms with Crippen LogP contribution in [0.25, 0.3) is 10.9 Å². The second-order valence-corrected chi connectivity index (χ2v) is 10.2. The van der Waals surface area contributed by atoms with Crippen molar-refractivity contribution in [1.29, 1.82) is 0 Å². The number of carbonyl (C=O) groups is 2. The highest BCUT2D eigenvalue weighted by Gasteiger charge is 2.47. The Morgan fingerprint density at radius 2 is 1.79 bits per heavy atom. The van der Waals surface area contributed by atoms with Crippen LogP contribution in [0.1, 0.15) is 43.2 Å². The molecule has 210 valence electrons. The van der Waals surface area contributed by atoms with E-state index >= 15 is 0 Å². The molecule has 1 aliphatic heterocycles. The predicted molar refractivity (Wildman–Crippen MR) is 150 cm³/mol. The summed E-state index contributed by atoms with van der Waals surface area (Å²) in [5.74, 6) is 1.22. The molecule has 1 aromatic heterocycles. The Balaban J connectivity index is 1.64. The molecular weight excluding hydrogens is 498 g/mol. The number of rotatable bonds is 12. The van der Waals surface area contributed by atoms with Crippen LogP contribution in [0.15, 0.2) is 42.5 Å². The summed E-state index contributed by atoms with van der Waals surface area (Å²) >= 11 is 0. The molecule has 9 nitrogen and oxygen atoms in total. The Morgan fingerprint density at radius 1 is 1.05 bits per heavy atom. The van der Waals surface area contributed by atoms with E-state index in [0.717, 1.165) is 16.5 Å². The molecule has 0 spiro atoms. The van der Waals surface area contributed by atoms with Crippen molar-refractivity contribution in [2.24, 2.45) is 0 Å². The number of para-hydroxylation sites is 1. The first-order chi connectivity index (χ1) is 18.7. The Morgan fingerprint density at radius 3 is 2.49 bits per heavy atom. The van der Waals surface area contributed by atoms with Gasteiger partial charge >= 0.3 is 0 Å². The molecule has 39 heavy (non-hydrogen) atoms. The standard InChI is InChI=1S/C30H39N3O6/c1-20(2)39-17-9-15-31-29(35)30(3)19-32-23-11-8-7-10-22(23)18-24(32)28(34)33(30)16-14-21-12-13-25(36-4)27(38-6)26(21)37-5/h7-8,10-13,18,20H,9,14-17,19H2,1-6H3,(H,31,35). The molecule has 0 saturated carbocycles. The zero-order valence-electron chi connectivity index (χ0n) is 23.7. The van der Waals surface area contributed by atoms with Crippen molar-refractivity contribution >= 4 is 22.7 Å². The minimum atomic E-state index is -1.10. The zero-order valence-corrected chi connectivity index (χ0v) is 23.7. The summed E-state index contributed by atoms with van der Waals surface area (Å²) in [4.78, 5) is 29.4. The van der Waals surface area contributed by atoms with E-state index in [0.29, 0.717) is 62.0 Å². The Bertz CT molecular complexity index is 1330. The van der Waals surface area contributed by atoms with Crippen molar-refractivity contribution in [3.05, 3.63) is 53.7 Å². The van der Waals surface area contributed by atoms with Gasteiger partial charge < -0.3 is 33.7 Å². The first-order valence-electron chi connectivity index (χ1n) is 13.3. The molecule has 0 bridgehead atoms. The van der Waals surface area contributed by atoms with Crippen LogP contribution in [0.5, 0.6) is 17.2 Å². The molecular formula is C30H39N3O6. The highest BCUT2D eigenvalue weighted by atomic mass is 16.5. The van der Waals surface area contributed by atoms with E-state index in [1.807, 2.05) is 67.8 Å². The minimum Gasteiger partial charge on any atom is -0.493 e. The lowest BCUT2D eigenvalue weighted by Crippen LogP contribution is -2.64. The molecule has 3 aromatic rings. The van der Waals surface area contributed by atoms with Crippen molar-refractivity contribution in [1.82, 2.24) is 14.8 Å². The van der Waals surface area contributed by atoms with Gasteiger partial charge in [-0.15, -0.1) is 0 Å². The summed E-state index contributed by atoms with van der Waals surface area (Å²) in [5, 5.41) is 4.03. The van der Waals surface area contributed by atoms with Crippen LogP contribution in [0.2, 0.25) is 0 Å². The third kappa shape index (κ3) is 5.54. The fourth-order valence-corrected chi connectivity index (χ4v) is 5.23. The van der Waals surface area contributed by atoms with Gasteiger partial charge in [0.2, 0.25) is 11.7 Å². The van der Waals surface area contributed by atoms with Gasteiger partial charge in [0.15, 0.2) is 11.5 Å². The SMILES string of the molecule is COc1ccc(CCN2C(=O)c3cc4ccccc4n3CC2(C)C(=O)NCCCOC(C)C)c(OC)c1OC. The molecule has 2 aromatic carbocycles. The van der Waals surface area contributed by atoms with Crippen molar-refractivity contribution in [2.45, 2.75) is 51.8 Å². The van der Waals surface area contributed by atoms with Crippen LogP contribution in [-0.2, 0) is 22.5 Å². The van der Waals surface area contributed by atoms with Gasteiger partial charge in [0.1, 0.15) is 11.2 Å². The smallest absolute Gasteiger partial charge is 0.271 e. The lowest BCUT2D eigenvalue weighted by Gasteiger charge is -2.44. The number of hydrogen-bond acceptors (Lipinski definition) is 6. The first kappa shape index (κ1) is 28.3. The number of carbonyl (C=O) groups excluding carboxylic acids is 2. The normalized spacial score (nSPS) is 16.9. The van der Waals surface area contributed by atoms with Crippen LogP contribution in [0.3, 0.4) is 0 Å². The third-order valence-electron chi connectivity index (χ3n) is 7.27. The van der Waals surface area contributed by atoms with Crippen molar-refractivity contribution in [3.8, 4) is 17.2 Å².